The van der Waals surface area contributed by atoms with Gasteiger partial charge in [0.25, 0.3) is 0 Å². The van der Waals surface area contributed by atoms with Gasteiger partial charge in [-0.3, -0.25) is 4.79 Å². The molecule has 2 aromatic carbocycles. The number of benzene rings is 2. The summed E-state index contributed by atoms with van der Waals surface area (Å²) in [7, 11) is -2.28. The molecule has 0 unspecified atom stereocenters. The number of hydrogen-bond donors (Lipinski definition) is 0. The van der Waals surface area contributed by atoms with Crippen molar-refractivity contribution in [3.05, 3.63) is 81.5 Å². The van der Waals surface area contributed by atoms with Gasteiger partial charge < -0.3 is 14.4 Å². The third kappa shape index (κ3) is 6.59. The lowest BCUT2D eigenvalue weighted by Gasteiger charge is -2.37. The Morgan fingerprint density at radius 1 is 1.05 bits per heavy atom. The van der Waals surface area contributed by atoms with Crippen LogP contribution in [0, 0.1) is 13.8 Å². The predicted octanol–water partition coefficient (Wildman–Crippen LogP) is 4.60. The third-order valence-corrected chi connectivity index (χ3v) is 9.43. The SMILES string of the molecule is COCCCN(CC(=O)N1CCc2sccc2[C@H]1COc1ccc(C)cc1)S(=O)(=O)c1ccc(C)cc1. The van der Waals surface area contributed by atoms with Gasteiger partial charge in [-0.05, 0) is 68.0 Å². The van der Waals surface area contributed by atoms with Crippen molar-refractivity contribution in [3.63, 3.8) is 0 Å². The van der Waals surface area contributed by atoms with E-state index in [1.807, 2.05) is 49.6 Å². The van der Waals surface area contributed by atoms with Crippen molar-refractivity contribution in [2.24, 2.45) is 0 Å². The van der Waals surface area contributed by atoms with Crippen molar-refractivity contribution in [2.75, 3.05) is 40.0 Å². The number of carbonyl (C=O) groups is 1. The highest BCUT2D eigenvalue weighted by Gasteiger charge is 2.35. The van der Waals surface area contributed by atoms with Crippen LogP contribution in [0.2, 0.25) is 0 Å². The Kier molecular flexibility index (Phi) is 9.02. The van der Waals surface area contributed by atoms with Gasteiger partial charge in [0.05, 0.1) is 17.5 Å². The summed E-state index contributed by atoms with van der Waals surface area (Å²) in [6.07, 6.45) is 1.23. The first-order valence-electron chi connectivity index (χ1n) is 12.4. The highest BCUT2D eigenvalue weighted by Crippen LogP contribution is 2.34. The first-order valence-corrected chi connectivity index (χ1v) is 14.7. The Hall–Kier alpha value is -2.72. The van der Waals surface area contributed by atoms with Gasteiger partial charge in [-0.25, -0.2) is 8.42 Å². The number of nitrogens with zero attached hydrogens (tertiary/aromatic N) is 2. The number of ether oxygens (including phenoxy) is 2. The molecular weight excluding hydrogens is 508 g/mol. The van der Waals surface area contributed by atoms with Crippen LogP contribution in [0.5, 0.6) is 5.75 Å². The van der Waals surface area contributed by atoms with Gasteiger partial charge in [0, 0.05) is 31.7 Å². The summed E-state index contributed by atoms with van der Waals surface area (Å²) in [5, 5.41) is 2.04. The first-order chi connectivity index (χ1) is 17.8. The van der Waals surface area contributed by atoms with Crippen LogP contribution in [0.1, 0.15) is 34.0 Å². The number of carbonyl (C=O) groups excluding carboxylic acids is 1. The average molecular weight is 543 g/mol. The molecule has 4 rings (SSSR count). The molecule has 0 saturated carbocycles. The zero-order chi connectivity index (χ0) is 26.4. The number of thiophene rings is 1. The molecule has 2 heterocycles. The van der Waals surface area contributed by atoms with E-state index in [4.69, 9.17) is 9.47 Å². The molecule has 1 amide bonds. The Labute approximate surface area is 223 Å². The van der Waals surface area contributed by atoms with Gasteiger partial charge in [-0.1, -0.05) is 35.4 Å². The maximum absolute atomic E-state index is 13.7. The van der Waals surface area contributed by atoms with Crippen LogP contribution in [0.4, 0.5) is 0 Å². The van der Waals surface area contributed by atoms with E-state index in [2.05, 4.69) is 0 Å². The largest absolute Gasteiger partial charge is 0.491 e. The van der Waals surface area contributed by atoms with Crippen molar-refractivity contribution in [1.82, 2.24) is 9.21 Å². The monoisotopic (exact) mass is 542 g/mol. The zero-order valence-corrected chi connectivity index (χ0v) is 23.2. The van der Waals surface area contributed by atoms with Crippen LogP contribution < -0.4 is 4.74 Å². The summed E-state index contributed by atoms with van der Waals surface area (Å²) in [6.45, 7) is 5.11. The number of rotatable bonds is 11. The number of amides is 1. The zero-order valence-electron chi connectivity index (χ0n) is 21.6. The van der Waals surface area contributed by atoms with E-state index in [1.165, 1.54) is 9.18 Å². The average Bonchev–Trinajstić information content (AvgIpc) is 3.37. The first kappa shape index (κ1) is 27.3. The van der Waals surface area contributed by atoms with Crippen molar-refractivity contribution in [2.45, 2.75) is 37.6 Å². The summed E-state index contributed by atoms with van der Waals surface area (Å²) in [6, 6.07) is 16.3. The molecule has 1 aromatic heterocycles. The van der Waals surface area contributed by atoms with E-state index in [0.717, 1.165) is 28.9 Å². The quantitative estimate of drug-likeness (QED) is 0.331. The van der Waals surface area contributed by atoms with E-state index in [9.17, 15) is 13.2 Å². The Bertz CT molecular complexity index is 1290. The van der Waals surface area contributed by atoms with Crippen LogP contribution in [0.25, 0.3) is 0 Å². The summed E-state index contributed by atoms with van der Waals surface area (Å²) >= 11 is 1.68. The molecule has 7 nitrogen and oxygen atoms in total. The molecule has 0 bridgehead atoms. The number of aryl methyl sites for hydroxylation is 2. The molecule has 198 valence electrons. The Balaban J connectivity index is 1.55. The lowest BCUT2D eigenvalue weighted by molar-refractivity contribution is -0.135. The number of sulfonamides is 1. The maximum atomic E-state index is 13.7. The van der Waals surface area contributed by atoms with E-state index in [1.54, 1.807) is 47.6 Å². The lowest BCUT2D eigenvalue weighted by Crippen LogP contribution is -2.48. The van der Waals surface area contributed by atoms with Crippen LogP contribution >= 0.6 is 11.3 Å². The third-order valence-electron chi connectivity index (χ3n) is 6.57. The number of methoxy groups -OCH3 is 1. The van der Waals surface area contributed by atoms with Crippen molar-refractivity contribution in [1.29, 1.82) is 0 Å². The second-order valence-electron chi connectivity index (χ2n) is 9.27. The van der Waals surface area contributed by atoms with Gasteiger partial charge in [0.15, 0.2) is 0 Å². The van der Waals surface area contributed by atoms with Gasteiger partial charge in [0.2, 0.25) is 15.9 Å². The molecule has 0 N–H and O–H groups in total. The predicted molar refractivity (Wildman–Crippen MR) is 146 cm³/mol. The minimum Gasteiger partial charge on any atom is -0.491 e. The minimum atomic E-state index is -3.86. The van der Waals surface area contributed by atoms with Crippen LogP contribution in [-0.4, -0.2) is 63.5 Å². The van der Waals surface area contributed by atoms with Crippen LogP contribution in [0.15, 0.2) is 64.9 Å². The normalized spacial score (nSPS) is 15.6. The molecule has 0 saturated heterocycles. The minimum absolute atomic E-state index is 0.182. The molecule has 1 atom stereocenters. The molecule has 1 aliphatic heterocycles. The van der Waals surface area contributed by atoms with E-state index in [0.29, 0.717) is 26.2 Å². The summed E-state index contributed by atoms with van der Waals surface area (Å²) in [5.41, 5.74) is 3.19. The molecule has 0 spiro atoms. The van der Waals surface area contributed by atoms with Crippen molar-refractivity contribution >= 4 is 27.3 Å². The van der Waals surface area contributed by atoms with E-state index >= 15 is 0 Å². The van der Waals surface area contributed by atoms with Crippen molar-refractivity contribution in [3.8, 4) is 5.75 Å². The van der Waals surface area contributed by atoms with Crippen LogP contribution in [-0.2, 0) is 26.0 Å². The molecule has 3 aromatic rings. The van der Waals surface area contributed by atoms with Gasteiger partial charge in [-0.15, -0.1) is 11.3 Å². The van der Waals surface area contributed by atoms with Crippen LogP contribution in [0.3, 0.4) is 0 Å². The molecule has 9 heteroatoms. The van der Waals surface area contributed by atoms with Gasteiger partial charge >= 0.3 is 0 Å². The fraction of sp³-hybridized carbons (Fsp3) is 0.393. The summed E-state index contributed by atoms with van der Waals surface area (Å²) < 4.78 is 39.6. The van der Waals surface area contributed by atoms with E-state index in [-0.39, 0.29) is 29.9 Å². The molecule has 0 fully saturated rings. The second kappa shape index (κ2) is 12.2. The highest BCUT2D eigenvalue weighted by atomic mass is 32.2. The second-order valence-corrected chi connectivity index (χ2v) is 12.2. The number of hydrogen-bond acceptors (Lipinski definition) is 6. The molecule has 37 heavy (non-hydrogen) atoms. The smallest absolute Gasteiger partial charge is 0.243 e. The molecule has 0 radical (unpaired) electrons. The van der Waals surface area contributed by atoms with E-state index < -0.39 is 10.0 Å². The van der Waals surface area contributed by atoms with Gasteiger partial charge in [0.1, 0.15) is 12.4 Å². The molecule has 1 aliphatic rings. The van der Waals surface area contributed by atoms with Gasteiger partial charge in [-0.2, -0.15) is 4.31 Å². The fourth-order valence-electron chi connectivity index (χ4n) is 4.45. The lowest BCUT2D eigenvalue weighted by atomic mass is 10.0. The summed E-state index contributed by atoms with van der Waals surface area (Å²) in [5.74, 6) is 0.506. The number of fused-ring (bicyclic) bond motifs is 1. The van der Waals surface area contributed by atoms with Crippen molar-refractivity contribution < 1.29 is 22.7 Å². The summed E-state index contributed by atoms with van der Waals surface area (Å²) in [4.78, 5) is 16.9. The standard InChI is InChI=1S/C28H34N2O5S2/c1-21-5-9-23(10-6-21)35-20-26-25-14-18-36-27(25)13-16-30(26)28(31)19-29(15-4-17-34-3)37(32,33)24-11-7-22(2)8-12-24/h5-12,14,18,26H,4,13,15-17,19-20H2,1-3H3/t26-/m1/s1. The molecular formula is C28H34N2O5S2. The maximum Gasteiger partial charge on any atom is 0.243 e. The Morgan fingerprint density at radius 3 is 2.41 bits per heavy atom. The Morgan fingerprint density at radius 2 is 1.73 bits per heavy atom. The highest BCUT2D eigenvalue weighted by molar-refractivity contribution is 7.89. The fourth-order valence-corrected chi connectivity index (χ4v) is 6.81. The topological polar surface area (TPSA) is 76.2 Å². The molecule has 0 aliphatic carbocycles.